The SMILES string of the molecule is C[C@H]1CC[C@@H](C(=O)NNc2ccc(F)cn2)N1C(=O)OC(C)(C)C. The summed E-state index contributed by atoms with van der Waals surface area (Å²) >= 11 is 0. The quantitative estimate of drug-likeness (QED) is 0.827. The van der Waals surface area contributed by atoms with Gasteiger partial charge in [0.25, 0.3) is 5.91 Å². The summed E-state index contributed by atoms with van der Waals surface area (Å²) < 4.78 is 18.2. The molecule has 0 spiro atoms. The lowest BCUT2D eigenvalue weighted by molar-refractivity contribution is -0.125. The van der Waals surface area contributed by atoms with Crippen molar-refractivity contribution in [1.29, 1.82) is 0 Å². The van der Waals surface area contributed by atoms with E-state index >= 15 is 0 Å². The number of likely N-dealkylation sites (tertiary alicyclic amines) is 1. The van der Waals surface area contributed by atoms with E-state index < -0.39 is 23.6 Å². The minimum Gasteiger partial charge on any atom is -0.444 e. The highest BCUT2D eigenvalue weighted by Gasteiger charge is 2.40. The molecular formula is C16H23FN4O3. The molecule has 1 fully saturated rings. The van der Waals surface area contributed by atoms with E-state index in [1.165, 1.54) is 17.0 Å². The standard InChI is InChI=1S/C16H23FN4O3/c1-10-5-7-12(21(10)15(23)24-16(2,3)4)14(22)20-19-13-8-6-11(17)9-18-13/h6,8-10,12H,5,7H2,1-4H3,(H,18,19)(H,20,22)/t10-,12-/m0/s1. The lowest BCUT2D eigenvalue weighted by Gasteiger charge is -2.30. The monoisotopic (exact) mass is 338 g/mol. The van der Waals surface area contributed by atoms with Gasteiger partial charge in [-0.25, -0.2) is 14.2 Å². The van der Waals surface area contributed by atoms with Crippen molar-refractivity contribution >= 4 is 17.8 Å². The Morgan fingerprint density at radius 3 is 2.62 bits per heavy atom. The Balaban J connectivity index is 1.99. The number of carbonyl (C=O) groups excluding carboxylic acids is 2. The van der Waals surface area contributed by atoms with Crippen LogP contribution in [0.25, 0.3) is 0 Å². The molecule has 8 heteroatoms. The van der Waals surface area contributed by atoms with Crippen LogP contribution in [0.15, 0.2) is 18.3 Å². The summed E-state index contributed by atoms with van der Waals surface area (Å²) in [5.41, 5.74) is 4.49. The van der Waals surface area contributed by atoms with Crippen molar-refractivity contribution in [2.45, 2.75) is 58.2 Å². The highest BCUT2D eigenvalue weighted by atomic mass is 19.1. The number of pyridine rings is 1. The summed E-state index contributed by atoms with van der Waals surface area (Å²) in [6.07, 6.45) is 1.79. The fourth-order valence-corrected chi connectivity index (χ4v) is 2.52. The van der Waals surface area contributed by atoms with Crippen LogP contribution in [0.5, 0.6) is 0 Å². The molecule has 132 valence electrons. The Labute approximate surface area is 140 Å². The van der Waals surface area contributed by atoms with E-state index in [4.69, 9.17) is 4.74 Å². The number of rotatable bonds is 3. The van der Waals surface area contributed by atoms with Gasteiger partial charge in [-0.15, -0.1) is 0 Å². The molecule has 1 saturated heterocycles. The second kappa shape index (κ2) is 7.02. The topological polar surface area (TPSA) is 83.6 Å². The molecule has 24 heavy (non-hydrogen) atoms. The van der Waals surface area contributed by atoms with Gasteiger partial charge in [0.05, 0.1) is 6.20 Å². The van der Waals surface area contributed by atoms with Crippen molar-refractivity contribution < 1.29 is 18.7 Å². The average molecular weight is 338 g/mol. The first kappa shape index (κ1) is 18.0. The van der Waals surface area contributed by atoms with Crippen molar-refractivity contribution in [2.75, 3.05) is 5.43 Å². The first-order valence-electron chi connectivity index (χ1n) is 7.86. The predicted molar refractivity (Wildman–Crippen MR) is 86.5 cm³/mol. The predicted octanol–water partition coefficient (Wildman–Crippen LogP) is 2.45. The third-order valence-electron chi connectivity index (χ3n) is 3.62. The Kier molecular flexibility index (Phi) is 5.26. The molecule has 2 N–H and O–H groups in total. The summed E-state index contributed by atoms with van der Waals surface area (Å²) in [7, 11) is 0. The number of amides is 2. The molecule has 0 aromatic carbocycles. The van der Waals surface area contributed by atoms with Gasteiger partial charge in [-0.05, 0) is 52.7 Å². The van der Waals surface area contributed by atoms with Gasteiger partial charge in [-0.1, -0.05) is 0 Å². The van der Waals surface area contributed by atoms with E-state index in [2.05, 4.69) is 15.8 Å². The second-order valence-corrected chi connectivity index (χ2v) is 6.81. The van der Waals surface area contributed by atoms with Crippen molar-refractivity contribution in [1.82, 2.24) is 15.3 Å². The van der Waals surface area contributed by atoms with Crippen molar-refractivity contribution in [3.63, 3.8) is 0 Å². The van der Waals surface area contributed by atoms with Crippen LogP contribution < -0.4 is 10.9 Å². The van der Waals surface area contributed by atoms with Gasteiger partial charge >= 0.3 is 6.09 Å². The van der Waals surface area contributed by atoms with Crippen LogP contribution in [0.4, 0.5) is 15.0 Å². The van der Waals surface area contributed by atoms with E-state index in [-0.39, 0.29) is 11.9 Å². The van der Waals surface area contributed by atoms with Crippen molar-refractivity contribution in [2.24, 2.45) is 0 Å². The number of aromatic nitrogens is 1. The average Bonchev–Trinajstić information content (AvgIpc) is 2.86. The zero-order chi connectivity index (χ0) is 17.9. The molecule has 2 heterocycles. The molecule has 2 amide bonds. The molecule has 2 atom stereocenters. The number of anilines is 1. The largest absolute Gasteiger partial charge is 0.444 e. The third kappa shape index (κ3) is 4.56. The number of halogens is 1. The van der Waals surface area contributed by atoms with Gasteiger partial charge in [0.1, 0.15) is 23.3 Å². The van der Waals surface area contributed by atoms with E-state index in [0.717, 1.165) is 6.20 Å². The van der Waals surface area contributed by atoms with E-state index in [0.29, 0.717) is 18.7 Å². The minimum atomic E-state index is -0.628. The summed E-state index contributed by atoms with van der Waals surface area (Å²) in [5.74, 6) is -0.524. The number of hydrogen-bond donors (Lipinski definition) is 2. The highest BCUT2D eigenvalue weighted by molar-refractivity contribution is 5.87. The minimum absolute atomic E-state index is 0.0838. The van der Waals surface area contributed by atoms with Crippen LogP contribution in [0.3, 0.4) is 0 Å². The van der Waals surface area contributed by atoms with Crippen molar-refractivity contribution in [3.05, 3.63) is 24.1 Å². The molecular weight excluding hydrogens is 315 g/mol. The van der Waals surface area contributed by atoms with E-state index in [1.807, 2.05) is 6.92 Å². The van der Waals surface area contributed by atoms with Gasteiger partial charge in [0.2, 0.25) is 0 Å². The molecule has 0 saturated carbocycles. The summed E-state index contributed by atoms with van der Waals surface area (Å²) in [5, 5.41) is 0. The molecule has 7 nitrogen and oxygen atoms in total. The van der Waals surface area contributed by atoms with Gasteiger partial charge in [-0.3, -0.25) is 20.5 Å². The molecule has 2 rings (SSSR count). The molecule has 1 aliphatic heterocycles. The normalized spacial score (nSPS) is 20.6. The zero-order valence-corrected chi connectivity index (χ0v) is 14.3. The molecule has 1 aliphatic rings. The Morgan fingerprint density at radius 2 is 2.04 bits per heavy atom. The van der Waals surface area contributed by atoms with Crippen LogP contribution in [-0.2, 0) is 9.53 Å². The number of nitrogens with zero attached hydrogens (tertiary/aromatic N) is 2. The number of carbonyl (C=O) groups is 2. The molecule has 0 radical (unpaired) electrons. The van der Waals surface area contributed by atoms with Gasteiger partial charge in [0.15, 0.2) is 0 Å². The fourth-order valence-electron chi connectivity index (χ4n) is 2.52. The van der Waals surface area contributed by atoms with Crippen LogP contribution >= 0.6 is 0 Å². The molecule has 1 aromatic rings. The molecule has 0 bridgehead atoms. The second-order valence-electron chi connectivity index (χ2n) is 6.81. The van der Waals surface area contributed by atoms with Crippen LogP contribution in [0.2, 0.25) is 0 Å². The maximum atomic E-state index is 12.8. The lowest BCUT2D eigenvalue weighted by Crippen LogP contribution is -2.50. The van der Waals surface area contributed by atoms with Crippen LogP contribution in [0, 0.1) is 5.82 Å². The lowest BCUT2D eigenvalue weighted by atomic mass is 10.2. The maximum Gasteiger partial charge on any atom is 0.411 e. The molecule has 1 aromatic heterocycles. The summed E-state index contributed by atoms with van der Waals surface area (Å²) in [4.78, 5) is 30.0. The van der Waals surface area contributed by atoms with E-state index in [9.17, 15) is 14.0 Å². The van der Waals surface area contributed by atoms with E-state index in [1.54, 1.807) is 20.8 Å². The fraction of sp³-hybridized carbons (Fsp3) is 0.562. The van der Waals surface area contributed by atoms with Crippen molar-refractivity contribution in [3.8, 4) is 0 Å². The van der Waals surface area contributed by atoms with Crippen LogP contribution in [-0.4, -0.2) is 39.6 Å². The first-order valence-corrected chi connectivity index (χ1v) is 7.86. The Morgan fingerprint density at radius 1 is 1.33 bits per heavy atom. The summed E-state index contributed by atoms with van der Waals surface area (Å²) in [6.45, 7) is 7.22. The molecule has 0 aliphatic carbocycles. The van der Waals surface area contributed by atoms with Gasteiger partial charge in [0, 0.05) is 6.04 Å². The first-order chi connectivity index (χ1) is 11.2. The number of hydrogen-bond acceptors (Lipinski definition) is 5. The third-order valence-corrected chi connectivity index (χ3v) is 3.62. The number of nitrogens with one attached hydrogen (secondary N) is 2. The zero-order valence-electron chi connectivity index (χ0n) is 14.3. The van der Waals surface area contributed by atoms with Gasteiger partial charge < -0.3 is 4.74 Å². The Hall–Kier alpha value is -2.38. The smallest absolute Gasteiger partial charge is 0.411 e. The van der Waals surface area contributed by atoms with Crippen LogP contribution in [0.1, 0.15) is 40.5 Å². The Bertz CT molecular complexity index is 600. The van der Waals surface area contributed by atoms with Gasteiger partial charge in [-0.2, -0.15) is 0 Å². The highest BCUT2D eigenvalue weighted by Crippen LogP contribution is 2.26. The summed E-state index contributed by atoms with van der Waals surface area (Å²) in [6, 6.07) is 1.92. The number of hydrazine groups is 1. The maximum absolute atomic E-state index is 12.8. The number of ether oxygens (including phenoxy) is 1. The molecule has 0 unspecified atom stereocenters.